The minimum absolute atomic E-state index is 0.000133. The molecule has 3 aromatic rings. The van der Waals surface area contributed by atoms with Crippen LogP contribution in [0.3, 0.4) is 0 Å². The van der Waals surface area contributed by atoms with Gasteiger partial charge in [0.15, 0.2) is 0 Å². The van der Waals surface area contributed by atoms with Crippen LogP contribution in [0.15, 0.2) is 66.7 Å². The number of fused-ring (bicyclic) bond motifs is 1. The van der Waals surface area contributed by atoms with Gasteiger partial charge in [0.25, 0.3) is 5.91 Å². The summed E-state index contributed by atoms with van der Waals surface area (Å²) in [5, 5.41) is 3.85. The van der Waals surface area contributed by atoms with Crippen LogP contribution in [-0.2, 0) is 13.0 Å². The molecule has 0 aliphatic heterocycles. The van der Waals surface area contributed by atoms with Gasteiger partial charge >= 0.3 is 0 Å². The van der Waals surface area contributed by atoms with Crippen LogP contribution >= 0.6 is 11.6 Å². The summed E-state index contributed by atoms with van der Waals surface area (Å²) in [5.74, 6) is 1.38. The number of rotatable bonds is 6. The maximum Gasteiger partial charge on any atom is 0.251 e. The number of carbonyl (C=O) groups is 1. The Morgan fingerprint density at radius 3 is 2.77 bits per heavy atom. The molecule has 0 heterocycles. The van der Waals surface area contributed by atoms with Crippen LogP contribution < -0.4 is 14.8 Å². The summed E-state index contributed by atoms with van der Waals surface area (Å²) in [6.07, 6.45) is 2.96. The Morgan fingerprint density at radius 1 is 1.07 bits per heavy atom. The van der Waals surface area contributed by atoms with E-state index in [1.807, 2.05) is 42.5 Å². The molecule has 0 unspecified atom stereocenters. The summed E-state index contributed by atoms with van der Waals surface area (Å²) >= 11 is 6.19. The molecular weight excluding hydrogens is 398 g/mol. The zero-order valence-electron chi connectivity index (χ0n) is 16.9. The standard InChI is InChI=1S/C25H24ClNO3/c1-29-20-12-13-22-17(14-20)7-5-11-24(22)27-25(28)18-8-4-9-21(15-18)30-16-19-6-2-3-10-23(19)26/h2-4,6,8-10,12-15,24H,5,7,11,16H2,1H3,(H,27,28)/t24-/m1/s1. The van der Waals surface area contributed by atoms with Crippen molar-refractivity contribution in [3.05, 3.63) is 94.0 Å². The second kappa shape index (κ2) is 9.23. The zero-order valence-corrected chi connectivity index (χ0v) is 17.6. The lowest BCUT2D eigenvalue weighted by molar-refractivity contribution is 0.0932. The lowest BCUT2D eigenvalue weighted by atomic mass is 9.87. The number of aryl methyl sites for hydroxylation is 1. The van der Waals surface area contributed by atoms with Crippen molar-refractivity contribution in [2.45, 2.75) is 31.9 Å². The highest BCUT2D eigenvalue weighted by Gasteiger charge is 2.23. The van der Waals surface area contributed by atoms with Crippen molar-refractivity contribution in [2.24, 2.45) is 0 Å². The summed E-state index contributed by atoms with van der Waals surface area (Å²) in [6.45, 7) is 0.350. The average molecular weight is 422 g/mol. The van der Waals surface area contributed by atoms with Crippen LogP contribution in [0.25, 0.3) is 0 Å². The lowest BCUT2D eigenvalue weighted by Gasteiger charge is -2.27. The highest BCUT2D eigenvalue weighted by atomic mass is 35.5. The van der Waals surface area contributed by atoms with Gasteiger partial charge in [0, 0.05) is 16.1 Å². The van der Waals surface area contributed by atoms with E-state index < -0.39 is 0 Å². The number of ether oxygens (including phenoxy) is 2. The zero-order chi connectivity index (χ0) is 20.9. The molecule has 154 valence electrons. The van der Waals surface area contributed by atoms with Gasteiger partial charge in [-0.15, -0.1) is 0 Å². The number of carbonyl (C=O) groups excluding carboxylic acids is 1. The first-order valence-electron chi connectivity index (χ1n) is 10.1. The molecule has 4 nitrogen and oxygen atoms in total. The monoisotopic (exact) mass is 421 g/mol. The third kappa shape index (κ3) is 4.60. The molecule has 4 rings (SSSR count). The normalized spacial score (nSPS) is 15.2. The van der Waals surface area contributed by atoms with Crippen LogP contribution in [0.1, 0.15) is 45.9 Å². The highest BCUT2D eigenvalue weighted by molar-refractivity contribution is 6.31. The number of amides is 1. The van der Waals surface area contributed by atoms with E-state index in [0.717, 1.165) is 30.6 Å². The van der Waals surface area contributed by atoms with E-state index in [0.29, 0.717) is 22.9 Å². The second-order valence-electron chi connectivity index (χ2n) is 7.39. The number of hydrogen-bond donors (Lipinski definition) is 1. The van der Waals surface area contributed by atoms with Gasteiger partial charge < -0.3 is 14.8 Å². The summed E-state index contributed by atoms with van der Waals surface area (Å²) in [5.41, 5.74) is 3.89. The summed E-state index contributed by atoms with van der Waals surface area (Å²) < 4.78 is 11.2. The van der Waals surface area contributed by atoms with Crippen molar-refractivity contribution in [1.82, 2.24) is 5.32 Å². The van der Waals surface area contributed by atoms with Gasteiger partial charge in [0.05, 0.1) is 13.2 Å². The molecule has 3 aromatic carbocycles. The second-order valence-corrected chi connectivity index (χ2v) is 7.80. The van der Waals surface area contributed by atoms with Crippen molar-refractivity contribution in [2.75, 3.05) is 7.11 Å². The van der Waals surface area contributed by atoms with E-state index in [-0.39, 0.29) is 11.9 Å². The molecule has 30 heavy (non-hydrogen) atoms. The molecule has 0 fully saturated rings. The first kappa shape index (κ1) is 20.3. The molecule has 1 aliphatic carbocycles. The van der Waals surface area contributed by atoms with Crippen LogP contribution in [0.4, 0.5) is 0 Å². The van der Waals surface area contributed by atoms with Crippen molar-refractivity contribution in [3.8, 4) is 11.5 Å². The first-order valence-corrected chi connectivity index (χ1v) is 10.5. The molecule has 0 saturated heterocycles. The van der Waals surface area contributed by atoms with Gasteiger partial charge in [-0.25, -0.2) is 0 Å². The Balaban J connectivity index is 1.45. The van der Waals surface area contributed by atoms with Crippen molar-refractivity contribution >= 4 is 17.5 Å². The van der Waals surface area contributed by atoms with Gasteiger partial charge in [0.2, 0.25) is 0 Å². The third-order valence-electron chi connectivity index (χ3n) is 5.42. The molecule has 1 aliphatic rings. The molecule has 0 aromatic heterocycles. The maximum atomic E-state index is 12.9. The van der Waals surface area contributed by atoms with E-state index in [1.165, 1.54) is 11.1 Å². The Morgan fingerprint density at radius 2 is 1.93 bits per heavy atom. The van der Waals surface area contributed by atoms with Crippen molar-refractivity contribution < 1.29 is 14.3 Å². The molecule has 1 N–H and O–H groups in total. The predicted octanol–water partition coefficient (Wildman–Crippen LogP) is 5.74. The van der Waals surface area contributed by atoms with Gasteiger partial charge in [-0.2, -0.15) is 0 Å². The smallest absolute Gasteiger partial charge is 0.251 e. The fourth-order valence-corrected chi connectivity index (χ4v) is 4.00. The Bertz CT molecular complexity index is 1050. The average Bonchev–Trinajstić information content (AvgIpc) is 2.78. The van der Waals surface area contributed by atoms with E-state index >= 15 is 0 Å². The van der Waals surface area contributed by atoms with E-state index in [9.17, 15) is 4.79 Å². The Hall–Kier alpha value is -2.98. The molecule has 1 atom stereocenters. The molecule has 1 amide bonds. The molecule has 0 radical (unpaired) electrons. The van der Waals surface area contributed by atoms with E-state index in [4.69, 9.17) is 21.1 Å². The van der Waals surface area contributed by atoms with Crippen LogP contribution in [0.2, 0.25) is 5.02 Å². The number of halogens is 1. The van der Waals surface area contributed by atoms with E-state index in [2.05, 4.69) is 17.4 Å². The number of methoxy groups -OCH3 is 1. The third-order valence-corrected chi connectivity index (χ3v) is 5.79. The van der Waals surface area contributed by atoms with Crippen LogP contribution in [0, 0.1) is 0 Å². The van der Waals surface area contributed by atoms with E-state index in [1.54, 1.807) is 19.2 Å². The minimum Gasteiger partial charge on any atom is -0.497 e. The number of hydrogen-bond acceptors (Lipinski definition) is 3. The fourth-order valence-electron chi connectivity index (χ4n) is 3.81. The summed E-state index contributed by atoms with van der Waals surface area (Å²) in [7, 11) is 1.67. The Kier molecular flexibility index (Phi) is 6.24. The minimum atomic E-state index is -0.105. The SMILES string of the molecule is COc1ccc2c(c1)CCC[C@H]2NC(=O)c1cccc(OCc2ccccc2Cl)c1. The number of nitrogens with one attached hydrogen (secondary N) is 1. The van der Waals surface area contributed by atoms with Crippen molar-refractivity contribution in [1.29, 1.82) is 0 Å². The first-order chi connectivity index (χ1) is 14.6. The van der Waals surface area contributed by atoms with Gasteiger partial charge in [-0.3, -0.25) is 4.79 Å². The quantitative estimate of drug-likeness (QED) is 0.552. The molecule has 0 bridgehead atoms. The highest BCUT2D eigenvalue weighted by Crippen LogP contribution is 2.32. The number of benzene rings is 3. The van der Waals surface area contributed by atoms with Gasteiger partial charge in [-0.1, -0.05) is 41.9 Å². The van der Waals surface area contributed by atoms with Crippen LogP contribution in [0.5, 0.6) is 11.5 Å². The Labute approximate surface area is 181 Å². The lowest BCUT2D eigenvalue weighted by Crippen LogP contribution is -2.31. The molecular formula is C25H24ClNO3. The largest absolute Gasteiger partial charge is 0.497 e. The fraction of sp³-hybridized carbons (Fsp3) is 0.240. The topological polar surface area (TPSA) is 47.6 Å². The van der Waals surface area contributed by atoms with Crippen LogP contribution in [-0.4, -0.2) is 13.0 Å². The predicted molar refractivity (Wildman–Crippen MR) is 118 cm³/mol. The maximum absolute atomic E-state index is 12.9. The van der Waals surface area contributed by atoms with Gasteiger partial charge in [0.1, 0.15) is 18.1 Å². The summed E-state index contributed by atoms with van der Waals surface area (Å²) in [4.78, 5) is 12.9. The van der Waals surface area contributed by atoms with Crippen molar-refractivity contribution in [3.63, 3.8) is 0 Å². The van der Waals surface area contributed by atoms with Gasteiger partial charge in [-0.05, 0) is 66.8 Å². The molecule has 5 heteroatoms. The molecule has 0 saturated carbocycles. The summed E-state index contributed by atoms with van der Waals surface area (Å²) in [6, 6.07) is 20.9. The molecule has 0 spiro atoms.